The number of aryl methyl sites for hydroxylation is 1. The number of hydrogen-bond donors (Lipinski definition) is 2. The van der Waals surface area contributed by atoms with Crippen molar-refractivity contribution in [1.82, 2.24) is 20.5 Å². The van der Waals surface area contributed by atoms with Gasteiger partial charge in [-0.1, -0.05) is 29.8 Å². The third kappa shape index (κ3) is 5.87. The molecule has 1 aromatic heterocycles. The van der Waals surface area contributed by atoms with Crippen LogP contribution in [0.3, 0.4) is 0 Å². The van der Waals surface area contributed by atoms with Crippen molar-refractivity contribution in [1.29, 1.82) is 0 Å². The van der Waals surface area contributed by atoms with E-state index in [1.54, 1.807) is 6.07 Å². The summed E-state index contributed by atoms with van der Waals surface area (Å²) in [6.07, 6.45) is 2.94. The molecule has 2 aromatic rings. The predicted molar refractivity (Wildman–Crippen MR) is 106 cm³/mol. The summed E-state index contributed by atoms with van der Waals surface area (Å²) in [4.78, 5) is 31.0. The molecule has 7 heteroatoms. The largest absolute Gasteiger partial charge is 0.379 e. The second-order valence-electron chi connectivity index (χ2n) is 6.84. The molecule has 2 heterocycles. The van der Waals surface area contributed by atoms with Crippen LogP contribution in [0.2, 0.25) is 0 Å². The first-order valence-corrected chi connectivity index (χ1v) is 9.49. The molecule has 1 aliphatic heterocycles. The van der Waals surface area contributed by atoms with Crippen molar-refractivity contribution >= 4 is 11.8 Å². The number of nitrogens with one attached hydrogen (secondary N) is 2. The number of benzene rings is 1. The van der Waals surface area contributed by atoms with Gasteiger partial charge in [-0.25, -0.2) is 0 Å². The summed E-state index contributed by atoms with van der Waals surface area (Å²) < 4.78 is 5.31. The molecule has 1 aromatic carbocycles. The number of amides is 2. The Labute approximate surface area is 165 Å². The third-order valence-corrected chi connectivity index (χ3v) is 4.62. The zero-order chi connectivity index (χ0) is 19.8. The van der Waals surface area contributed by atoms with Crippen molar-refractivity contribution in [2.75, 3.05) is 39.4 Å². The van der Waals surface area contributed by atoms with Gasteiger partial charge in [0.15, 0.2) is 0 Å². The highest BCUT2D eigenvalue weighted by molar-refractivity contribution is 5.99. The van der Waals surface area contributed by atoms with Crippen LogP contribution in [0, 0.1) is 6.92 Å². The van der Waals surface area contributed by atoms with E-state index in [1.165, 1.54) is 12.4 Å². The minimum atomic E-state index is -0.253. The van der Waals surface area contributed by atoms with Gasteiger partial charge in [-0.05, 0) is 18.6 Å². The minimum Gasteiger partial charge on any atom is -0.379 e. The highest BCUT2D eigenvalue weighted by atomic mass is 16.5. The Morgan fingerprint density at radius 3 is 2.50 bits per heavy atom. The number of carbonyl (C=O) groups is 2. The van der Waals surface area contributed by atoms with Crippen molar-refractivity contribution in [3.63, 3.8) is 0 Å². The highest BCUT2D eigenvalue weighted by Gasteiger charge is 2.13. The summed E-state index contributed by atoms with van der Waals surface area (Å²) in [5.41, 5.74) is 2.92. The van der Waals surface area contributed by atoms with Gasteiger partial charge in [-0.2, -0.15) is 0 Å². The lowest BCUT2D eigenvalue weighted by Crippen LogP contribution is -2.41. The molecule has 0 radical (unpaired) electrons. The first-order valence-electron chi connectivity index (χ1n) is 9.49. The molecule has 7 nitrogen and oxygen atoms in total. The smallest absolute Gasteiger partial charge is 0.253 e. The van der Waals surface area contributed by atoms with Gasteiger partial charge in [-0.3, -0.25) is 19.5 Å². The van der Waals surface area contributed by atoms with Gasteiger partial charge in [0.25, 0.3) is 11.8 Å². The molecular formula is C21H26N4O3. The Morgan fingerprint density at radius 1 is 1.07 bits per heavy atom. The van der Waals surface area contributed by atoms with Crippen molar-refractivity contribution in [2.24, 2.45) is 0 Å². The van der Waals surface area contributed by atoms with E-state index in [1.807, 2.05) is 31.2 Å². The van der Waals surface area contributed by atoms with Gasteiger partial charge in [0.05, 0.1) is 24.3 Å². The van der Waals surface area contributed by atoms with Gasteiger partial charge in [0, 0.05) is 45.1 Å². The lowest BCUT2D eigenvalue weighted by molar-refractivity contribution is 0.0383. The summed E-state index contributed by atoms with van der Waals surface area (Å²) in [5.74, 6) is -0.480. The van der Waals surface area contributed by atoms with Crippen molar-refractivity contribution in [3.05, 3.63) is 65.0 Å². The maximum absolute atomic E-state index is 12.4. The Hall–Kier alpha value is -2.77. The van der Waals surface area contributed by atoms with Crippen LogP contribution < -0.4 is 10.6 Å². The molecule has 148 valence electrons. The predicted octanol–water partition coefficient (Wildman–Crippen LogP) is 1.38. The number of ether oxygens (including phenoxy) is 1. The lowest BCUT2D eigenvalue weighted by atomic mass is 10.1. The average molecular weight is 382 g/mol. The molecule has 1 aliphatic rings. The summed E-state index contributed by atoms with van der Waals surface area (Å²) in [6.45, 7) is 6.99. The minimum absolute atomic E-state index is 0.228. The van der Waals surface area contributed by atoms with Crippen LogP contribution in [0.1, 0.15) is 31.8 Å². The molecule has 2 amide bonds. The van der Waals surface area contributed by atoms with Gasteiger partial charge in [-0.15, -0.1) is 0 Å². The molecule has 2 N–H and O–H groups in total. The molecule has 3 rings (SSSR count). The summed E-state index contributed by atoms with van der Waals surface area (Å²) >= 11 is 0. The van der Waals surface area contributed by atoms with E-state index in [4.69, 9.17) is 4.74 Å². The van der Waals surface area contributed by atoms with E-state index in [0.29, 0.717) is 24.2 Å². The van der Waals surface area contributed by atoms with E-state index in [0.717, 1.165) is 44.0 Å². The number of aromatic nitrogens is 1. The summed E-state index contributed by atoms with van der Waals surface area (Å²) in [5, 5.41) is 5.75. The van der Waals surface area contributed by atoms with Crippen molar-refractivity contribution < 1.29 is 14.3 Å². The second kappa shape index (κ2) is 9.96. The number of hydrogen-bond acceptors (Lipinski definition) is 5. The molecule has 1 fully saturated rings. The van der Waals surface area contributed by atoms with Crippen LogP contribution in [0.4, 0.5) is 0 Å². The number of carbonyl (C=O) groups excluding carboxylic acids is 2. The highest BCUT2D eigenvalue weighted by Crippen LogP contribution is 2.06. The van der Waals surface area contributed by atoms with Crippen molar-refractivity contribution in [2.45, 2.75) is 13.5 Å². The first kappa shape index (κ1) is 20.0. The zero-order valence-corrected chi connectivity index (χ0v) is 16.1. The Bertz CT molecular complexity index is 819. The number of nitrogens with zero attached hydrogens (tertiary/aromatic N) is 2. The zero-order valence-electron chi connectivity index (χ0n) is 16.1. The Kier molecular flexibility index (Phi) is 7.11. The van der Waals surface area contributed by atoms with Gasteiger partial charge >= 0.3 is 0 Å². The third-order valence-electron chi connectivity index (χ3n) is 4.62. The van der Waals surface area contributed by atoms with Crippen LogP contribution in [0.5, 0.6) is 0 Å². The van der Waals surface area contributed by atoms with E-state index >= 15 is 0 Å². The number of rotatable bonds is 7. The molecule has 0 bridgehead atoms. The quantitative estimate of drug-likeness (QED) is 0.756. The van der Waals surface area contributed by atoms with E-state index in [9.17, 15) is 9.59 Å². The fraction of sp³-hybridized carbons (Fsp3) is 0.381. The molecule has 0 unspecified atom stereocenters. The SMILES string of the molecule is Cc1cccc(CNC(=O)c2cncc(C(=O)NCCN3CCOCC3)c2)c1. The molecule has 0 saturated carbocycles. The van der Waals surface area contributed by atoms with Crippen LogP contribution in [0.25, 0.3) is 0 Å². The van der Waals surface area contributed by atoms with E-state index < -0.39 is 0 Å². The monoisotopic (exact) mass is 382 g/mol. The lowest BCUT2D eigenvalue weighted by Gasteiger charge is -2.26. The Balaban J connectivity index is 1.50. The average Bonchev–Trinajstić information content (AvgIpc) is 2.73. The normalized spacial score (nSPS) is 14.5. The van der Waals surface area contributed by atoms with Gasteiger partial charge in [0.2, 0.25) is 0 Å². The number of pyridine rings is 1. The molecule has 0 atom stereocenters. The maximum Gasteiger partial charge on any atom is 0.253 e. The van der Waals surface area contributed by atoms with Crippen LogP contribution >= 0.6 is 0 Å². The molecular weight excluding hydrogens is 356 g/mol. The van der Waals surface area contributed by atoms with Crippen LogP contribution in [-0.4, -0.2) is 61.1 Å². The topological polar surface area (TPSA) is 83.6 Å². The second-order valence-corrected chi connectivity index (χ2v) is 6.84. The van der Waals surface area contributed by atoms with Crippen molar-refractivity contribution in [3.8, 4) is 0 Å². The molecule has 28 heavy (non-hydrogen) atoms. The summed E-state index contributed by atoms with van der Waals surface area (Å²) in [6, 6.07) is 9.53. The molecule has 0 aliphatic carbocycles. The molecule has 1 saturated heterocycles. The fourth-order valence-corrected chi connectivity index (χ4v) is 3.05. The number of morpholine rings is 1. The summed E-state index contributed by atoms with van der Waals surface area (Å²) in [7, 11) is 0. The first-order chi connectivity index (χ1) is 13.6. The standard InChI is InChI=1S/C21H26N4O3/c1-16-3-2-4-17(11-16)13-24-21(27)19-12-18(14-22-15-19)20(26)23-5-6-25-7-9-28-10-8-25/h2-4,11-12,14-15H,5-10,13H2,1H3,(H,23,26)(H,24,27). The van der Waals surface area contributed by atoms with Crippen LogP contribution in [0.15, 0.2) is 42.7 Å². The van der Waals surface area contributed by atoms with E-state index in [-0.39, 0.29) is 11.8 Å². The van der Waals surface area contributed by atoms with Gasteiger partial charge < -0.3 is 15.4 Å². The maximum atomic E-state index is 12.4. The molecule has 0 spiro atoms. The van der Waals surface area contributed by atoms with Crippen LogP contribution in [-0.2, 0) is 11.3 Å². The van der Waals surface area contributed by atoms with E-state index in [2.05, 4.69) is 20.5 Å². The van der Waals surface area contributed by atoms with Gasteiger partial charge in [0.1, 0.15) is 0 Å². The Morgan fingerprint density at radius 2 is 1.79 bits per heavy atom. The fourth-order valence-electron chi connectivity index (χ4n) is 3.05.